The first-order valence-electron chi connectivity index (χ1n) is 12.5. The number of likely N-dealkylation sites (tertiary alicyclic amines) is 1. The molecule has 1 aromatic carbocycles. The number of unbranched alkanes of at least 4 members (excludes halogenated alkanes) is 2. The second-order valence-electron chi connectivity index (χ2n) is 8.71. The average Bonchev–Trinajstić information content (AvgIpc) is 2.86. The van der Waals surface area contributed by atoms with Gasteiger partial charge in [-0.1, -0.05) is 20.3 Å². The molecule has 1 aromatic rings. The van der Waals surface area contributed by atoms with Gasteiger partial charge in [-0.15, -0.1) is 0 Å². The Balaban J connectivity index is 1.88. The quantitative estimate of drug-likeness (QED) is 0.349. The minimum absolute atomic E-state index is 0.0948. The van der Waals surface area contributed by atoms with Crippen LogP contribution in [0.5, 0.6) is 5.75 Å². The van der Waals surface area contributed by atoms with Gasteiger partial charge in [0.2, 0.25) is 15.9 Å². The van der Waals surface area contributed by atoms with Crippen molar-refractivity contribution in [2.45, 2.75) is 57.3 Å². The molecule has 1 saturated heterocycles. The third kappa shape index (κ3) is 8.36. The van der Waals surface area contributed by atoms with E-state index >= 15 is 0 Å². The summed E-state index contributed by atoms with van der Waals surface area (Å²) in [5, 5.41) is 5.58. The zero-order valence-corrected chi connectivity index (χ0v) is 22.0. The molecule has 0 unspecified atom stereocenters. The molecule has 1 heterocycles. The molecule has 11 heteroatoms. The molecular weight excluding hydrogens is 470 g/mol. The lowest BCUT2D eigenvalue weighted by atomic mass is 9.96. The van der Waals surface area contributed by atoms with Crippen LogP contribution in [0.4, 0.5) is 10.5 Å². The minimum Gasteiger partial charge on any atom is -0.495 e. The number of benzene rings is 1. The molecule has 0 saturated carbocycles. The van der Waals surface area contributed by atoms with Gasteiger partial charge in [0.1, 0.15) is 5.75 Å². The molecule has 0 bridgehead atoms. The number of piperidine rings is 1. The number of nitrogens with zero attached hydrogens (tertiary/aromatic N) is 2. The van der Waals surface area contributed by atoms with E-state index in [1.165, 1.54) is 29.6 Å². The lowest BCUT2D eigenvalue weighted by Crippen LogP contribution is -2.42. The second-order valence-corrected chi connectivity index (χ2v) is 10.6. The van der Waals surface area contributed by atoms with Crippen molar-refractivity contribution < 1.29 is 22.7 Å². The van der Waals surface area contributed by atoms with Crippen LogP contribution < -0.4 is 21.1 Å². The summed E-state index contributed by atoms with van der Waals surface area (Å²) in [7, 11) is -2.20. The first-order chi connectivity index (χ1) is 16.8. The van der Waals surface area contributed by atoms with E-state index in [1.807, 2.05) is 4.90 Å². The molecule has 0 aromatic heterocycles. The predicted octanol–water partition coefficient (Wildman–Crippen LogP) is 2.60. The molecule has 1 fully saturated rings. The zero-order chi connectivity index (χ0) is 25.8. The number of methoxy groups -OCH3 is 1. The number of amides is 3. The number of rotatable bonds is 13. The molecule has 2 rings (SSSR count). The van der Waals surface area contributed by atoms with Crippen molar-refractivity contribution in [3.8, 4) is 5.75 Å². The molecule has 10 nitrogen and oxygen atoms in total. The zero-order valence-electron chi connectivity index (χ0n) is 21.2. The molecule has 1 aliphatic rings. The van der Waals surface area contributed by atoms with Crippen LogP contribution in [0, 0.1) is 5.92 Å². The van der Waals surface area contributed by atoms with Crippen LogP contribution in [0.2, 0.25) is 0 Å². The van der Waals surface area contributed by atoms with Gasteiger partial charge in [-0.05, 0) is 56.3 Å². The van der Waals surface area contributed by atoms with E-state index in [0.29, 0.717) is 51.4 Å². The maximum Gasteiger partial charge on any atom is 0.319 e. The lowest BCUT2D eigenvalue weighted by Gasteiger charge is -2.32. The van der Waals surface area contributed by atoms with Crippen LogP contribution in [0.1, 0.15) is 52.4 Å². The summed E-state index contributed by atoms with van der Waals surface area (Å²) in [5.74, 6) is 0.841. The third-order valence-corrected chi connectivity index (χ3v) is 8.42. The van der Waals surface area contributed by atoms with E-state index in [-0.39, 0.29) is 22.4 Å². The van der Waals surface area contributed by atoms with E-state index in [4.69, 9.17) is 10.5 Å². The summed E-state index contributed by atoms with van der Waals surface area (Å²) < 4.78 is 32.4. The average molecular weight is 512 g/mol. The maximum absolute atomic E-state index is 12.9. The number of carbonyl (C=O) groups excluding carboxylic acids is 2. The van der Waals surface area contributed by atoms with Crippen molar-refractivity contribution in [3.05, 3.63) is 18.2 Å². The van der Waals surface area contributed by atoms with Crippen LogP contribution >= 0.6 is 0 Å². The Kier molecular flexibility index (Phi) is 11.8. The molecule has 4 N–H and O–H groups in total. The van der Waals surface area contributed by atoms with Crippen molar-refractivity contribution in [2.24, 2.45) is 11.7 Å². The van der Waals surface area contributed by atoms with Crippen molar-refractivity contribution in [3.63, 3.8) is 0 Å². The highest BCUT2D eigenvalue weighted by Crippen LogP contribution is 2.29. The van der Waals surface area contributed by atoms with Gasteiger partial charge in [0.05, 0.1) is 17.7 Å². The summed E-state index contributed by atoms with van der Waals surface area (Å²) in [6, 6.07) is 4.00. The molecule has 0 atom stereocenters. The van der Waals surface area contributed by atoms with Gasteiger partial charge in [-0.3, -0.25) is 4.79 Å². The first-order valence-corrected chi connectivity index (χ1v) is 13.9. The Morgan fingerprint density at radius 3 is 2.43 bits per heavy atom. The fourth-order valence-corrected chi connectivity index (χ4v) is 5.69. The van der Waals surface area contributed by atoms with E-state index in [0.717, 1.165) is 32.1 Å². The van der Waals surface area contributed by atoms with E-state index < -0.39 is 16.1 Å². The summed E-state index contributed by atoms with van der Waals surface area (Å²) >= 11 is 0. The van der Waals surface area contributed by atoms with E-state index in [9.17, 15) is 18.0 Å². The van der Waals surface area contributed by atoms with Crippen LogP contribution in [-0.2, 0) is 14.8 Å². The predicted molar refractivity (Wildman–Crippen MR) is 137 cm³/mol. The number of ether oxygens (including phenoxy) is 1. The standard InChI is InChI=1S/C24H41N5O5S/c1-4-29(5-2)35(32,33)20-10-11-22(34-3)21(17-20)27-24(31)26-18-19-12-15-28(16-13-19)23(30)9-7-6-8-14-25/h10-11,17,19H,4-9,12-16,18,25H2,1-3H3,(H2,26,27,31). The molecular formula is C24H41N5O5S. The van der Waals surface area contributed by atoms with Crippen molar-refractivity contribution in [2.75, 3.05) is 51.7 Å². The normalized spacial score (nSPS) is 14.7. The highest BCUT2D eigenvalue weighted by atomic mass is 32.2. The summed E-state index contributed by atoms with van der Waals surface area (Å²) in [5.41, 5.74) is 5.78. The van der Waals surface area contributed by atoms with Crippen LogP contribution in [0.25, 0.3) is 0 Å². The Hall–Kier alpha value is -2.37. The van der Waals surface area contributed by atoms with E-state index in [1.54, 1.807) is 13.8 Å². The number of hydrogen-bond acceptors (Lipinski definition) is 6. The van der Waals surface area contributed by atoms with Gasteiger partial charge < -0.3 is 26.0 Å². The lowest BCUT2D eigenvalue weighted by molar-refractivity contribution is -0.132. The fourth-order valence-electron chi connectivity index (χ4n) is 4.20. The number of carbonyl (C=O) groups is 2. The van der Waals surface area contributed by atoms with Crippen LogP contribution in [0.15, 0.2) is 23.1 Å². The largest absolute Gasteiger partial charge is 0.495 e. The Bertz CT molecular complexity index is 928. The highest BCUT2D eigenvalue weighted by molar-refractivity contribution is 7.89. The van der Waals surface area contributed by atoms with E-state index in [2.05, 4.69) is 10.6 Å². The Morgan fingerprint density at radius 2 is 1.83 bits per heavy atom. The highest BCUT2D eigenvalue weighted by Gasteiger charge is 2.25. The number of urea groups is 1. The smallest absolute Gasteiger partial charge is 0.319 e. The SMILES string of the molecule is CCN(CC)S(=O)(=O)c1ccc(OC)c(NC(=O)NCC2CCN(C(=O)CCCCCN)CC2)c1. The molecule has 0 aliphatic carbocycles. The molecule has 35 heavy (non-hydrogen) atoms. The second kappa shape index (κ2) is 14.3. The van der Waals surface area contributed by atoms with Crippen molar-refractivity contribution in [1.82, 2.24) is 14.5 Å². The topological polar surface area (TPSA) is 134 Å². The Labute approximate surface area is 209 Å². The van der Waals surface area contributed by atoms with Gasteiger partial charge in [0, 0.05) is 39.1 Å². The summed E-state index contributed by atoms with van der Waals surface area (Å²) in [4.78, 5) is 26.9. The molecule has 0 spiro atoms. The fraction of sp³-hybridized carbons (Fsp3) is 0.667. The number of nitrogens with one attached hydrogen (secondary N) is 2. The maximum atomic E-state index is 12.9. The Morgan fingerprint density at radius 1 is 1.14 bits per heavy atom. The van der Waals surface area contributed by atoms with Gasteiger partial charge in [-0.25, -0.2) is 13.2 Å². The number of nitrogens with two attached hydrogens (primary N) is 1. The number of anilines is 1. The molecule has 1 aliphatic heterocycles. The van der Waals surface area contributed by atoms with Crippen molar-refractivity contribution >= 4 is 27.6 Å². The first kappa shape index (κ1) is 28.9. The van der Waals surface area contributed by atoms with Gasteiger partial charge >= 0.3 is 6.03 Å². The third-order valence-electron chi connectivity index (χ3n) is 6.38. The molecule has 0 radical (unpaired) electrons. The molecule has 3 amide bonds. The summed E-state index contributed by atoms with van der Waals surface area (Å²) in [6.45, 7) is 6.80. The van der Waals surface area contributed by atoms with Gasteiger partial charge in [0.15, 0.2) is 0 Å². The number of sulfonamides is 1. The van der Waals surface area contributed by atoms with Crippen LogP contribution in [-0.4, -0.2) is 75.9 Å². The van der Waals surface area contributed by atoms with Crippen LogP contribution in [0.3, 0.4) is 0 Å². The summed E-state index contributed by atoms with van der Waals surface area (Å²) in [6.07, 6.45) is 5.03. The monoisotopic (exact) mass is 511 g/mol. The number of hydrogen-bond donors (Lipinski definition) is 3. The molecule has 198 valence electrons. The van der Waals surface area contributed by atoms with Crippen molar-refractivity contribution in [1.29, 1.82) is 0 Å². The van der Waals surface area contributed by atoms with Gasteiger partial charge in [0.25, 0.3) is 0 Å². The van der Waals surface area contributed by atoms with Gasteiger partial charge in [-0.2, -0.15) is 4.31 Å². The minimum atomic E-state index is -3.67.